The second-order valence-corrected chi connectivity index (χ2v) is 8.12. The molecule has 0 spiro atoms. The lowest BCUT2D eigenvalue weighted by Crippen LogP contribution is -2.27. The molecule has 0 atom stereocenters. The Hall–Kier alpha value is -3.76. The molecule has 4 rings (SSSR count). The largest absolute Gasteiger partial charge is 0.424 e. The van der Waals surface area contributed by atoms with Crippen LogP contribution in [0, 0.1) is 0 Å². The summed E-state index contributed by atoms with van der Waals surface area (Å²) in [6.07, 6.45) is 2.25. The van der Waals surface area contributed by atoms with Crippen molar-refractivity contribution in [3.05, 3.63) is 66.2 Å². The van der Waals surface area contributed by atoms with E-state index in [0.717, 1.165) is 25.9 Å². The topological polar surface area (TPSA) is 111 Å². The molecule has 2 N–H and O–H groups in total. The third kappa shape index (κ3) is 8.17. The molecule has 0 unspecified atom stereocenters. The summed E-state index contributed by atoms with van der Waals surface area (Å²) in [4.78, 5) is 27.6. The van der Waals surface area contributed by atoms with Crippen molar-refractivity contribution < 1.29 is 19.0 Å². The minimum absolute atomic E-state index is 0.106. The van der Waals surface area contributed by atoms with Gasteiger partial charge in [0.15, 0.2) is 0 Å². The lowest BCUT2D eigenvalue weighted by atomic mass is 10.2. The Kier molecular flexibility index (Phi) is 9.82. The third-order valence-corrected chi connectivity index (χ3v) is 5.41. The van der Waals surface area contributed by atoms with Gasteiger partial charge in [0.1, 0.15) is 5.75 Å². The van der Waals surface area contributed by atoms with Crippen molar-refractivity contribution in [3.8, 4) is 11.8 Å². The van der Waals surface area contributed by atoms with Crippen LogP contribution in [0.2, 0.25) is 0 Å². The molecule has 1 aromatic heterocycles. The van der Waals surface area contributed by atoms with Crippen LogP contribution in [-0.4, -0.2) is 73.5 Å². The fourth-order valence-corrected chi connectivity index (χ4v) is 3.61. The molecule has 1 fully saturated rings. The van der Waals surface area contributed by atoms with E-state index in [1.807, 2.05) is 48.5 Å². The van der Waals surface area contributed by atoms with Crippen molar-refractivity contribution >= 4 is 17.8 Å². The summed E-state index contributed by atoms with van der Waals surface area (Å²) in [6.45, 7) is 4.61. The van der Waals surface area contributed by atoms with Gasteiger partial charge >= 0.3 is 6.01 Å². The Morgan fingerprint density at radius 2 is 1.47 bits per heavy atom. The number of amides is 1. The zero-order valence-electron chi connectivity index (χ0n) is 20.3. The van der Waals surface area contributed by atoms with Gasteiger partial charge in [-0.15, -0.1) is 0 Å². The van der Waals surface area contributed by atoms with E-state index in [1.165, 1.54) is 0 Å². The maximum absolute atomic E-state index is 12.0. The molecule has 1 amide bonds. The van der Waals surface area contributed by atoms with E-state index in [1.54, 1.807) is 12.1 Å². The van der Waals surface area contributed by atoms with Crippen molar-refractivity contribution in [1.82, 2.24) is 20.3 Å². The molecule has 0 aliphatic carbocycles. The molecule has 0 radical (unpaired) electrons. The number of carbonyl (C=O) groups excluding carboxylic acids is 1. The molecule has 0 saturated carbocycles. The Morgan fingerprint density at radius 3 is 2.19 bits per heavy atom. The van der Waals surface area contributed by atoms with E-state index >= 15 is 0 Å². The lowest BCUT2D eigenvalue weighted by molar-refractivity contribution is 0.0519. The van der Waals surface area contributed by atoms with E-state index in [0.29, 0.717) is 62.7 Å². The van der Waals surface area contributed by atoms with Gasteiger partial charge in [-0.1, -0.05) is 36.4 Å². The lowest BCUT2D eigenvalue weighted by Gasteiger charge is -2.17. The zero-order chi connectivity index (χ0) is 24.8. The summed E-state index contributed by atoms with van der Waals surface area (Å²) in [7, 11) is 0. The summed E-state index contributed by atoms with van der Waals surface area (Å²) in [5.41, 5.74) is 0.637. The number of hydrogen-bond acceptors (Lipinski definition) is 9. The zero-order valence-corrected chi connectivity index (χ0v) is 20.3. The van der Waals surface area contributed by atoms with Crippen LogP contribution in [0.15, 0.2) is 60.7 Å². The van der Waals surface area contributed by atoms with Gasteiger partial charge in [-0.2, -0.15) is 15.0 Å². The first-order valence-corrected chi connectivity index (χ1v) is 12.2. The van der Waals surface area contributed by atoms with Gasteiger partial charge in [0.05, 0.1) is 26.4 Å². The summed E-state index contributed by atoms with van der Waals surface area (Å²) in [5, 5.41) is 6.02. The number of ether oxygens (including phenoxy) is 3. The normalized spacial score (nSPS) is 12.9. The molecule has 2 aromatic carbocycles. The average Bonchev–Trinajstić information content (AvgIpc) is 3.46. The highest BCUT2D eigenvalue weighted by atomic mass is 16.5. The molecule has 36 heavy (non-hydrogen) atoms. The fraction of sp³-hybridized carbons (Fsp3) is 0.385. The van der Waals surface area contributed by atoms with E-state index in [2.05, 4.69) is 30.5 Å². The number of aromatic nitrogens is 3. The second-order valence-electron chi connectivity index (χ2n) is 8.12. The summed E-state index contributed by atoms with van der Waals surface area (Å²) >= 11 is 0. The van der Waals surface area contributed by atoms with Crippen LogP contribution in [0.5, 0.6) is 11.8 Å². The van der Waals surface area contributed by atoms with Crippen LogP contribution in [0.4, 0.5) is 11.9 Å². The Balaban J connectivity index is 1.14. The molecular weight excluding hydrogens is 460 g/mol. The number of nitrogens with one attached hydrogen (secondary N) is 2. The van der Waals surface area contributed by atoms with E-state index in [9.17, 15) is 4.79 Å². The van der Waals surface area contributed by atoms with E-state index in [4.69, 9.17) is 14.2 Å². The van der Waals surface area contributed by atoms with Gasteiger partial charge in [0.2, 0.25) is 11.9 Å². The van der Waals surface area contributed by atoms with Crippen molar-refractivity contribution in [1.29, 1.82) is 0 Å². The number of rotatable bonds is 14. The highest BCUT2D eigenvalue weighted by molar-refractivity contribution is 5.94. The Labute approximate surface area is 211 Å². The molecule has 1 saturated heterocycles. The van der Waals surface area contributed by atoms with E-state index < -0.39 is 0 Å². The first-order valence-electron chi connectivity index (χ1n) is 12.2. The van der Waals surface area contributed by atoms with Crippen molar-refractivity contribution in [2.24, 2.45) is 0 Å². The van der Waals surface area contributed by atoms with Gasteiger partial charge in [0, 0.05) is 31.7 Å². The average molecular weight is 493 g/mol. The van der Waals surface area contributed by atoms with E-state index in [-0.39, 0.29) is 11.9 Å². The molecule has 190 valence electrons. The predicted octanol–water partition coefficient (Wildman–Crippen LogP) is 3.14. The van der Waals surface area contributed by atoms with Crippen LogP contribution in [0.1, 0.15) is 23.2 Å². The monoisotopic (exact) mass is 492 g/mol. The highest BCUT2D eigenvalue weighted by Gasteiger charge is 2.18. The van der Waals surface area contributed by atoms with Gasteiger partial charge < -0.3 is 29.7 Å². The van der Waals surface area contributed by atoms with Crippen molar-refractivity contribution in [2.75, 3.05) is 62.8 Å². The van der Waals surface area contributed by atoms with Crippen LogP contribution < -0.4 is 20.3 Å². The first kappa shape index (κ1) is 25.3. The second kappa shape index (κ2) is 14.0. The number of para-hydroxylation sites is 1. The summed E-state index contributed by atoms with van der Waals surface area (Å²) in [6, 6.07) is 18.8. The van der Waals surface area contributed by atoms with Crippen LogP contribution in [0.25, 0.3) is 0 Å². The summed E-state index contributed by atoms with van der Waals surface area (Å²) < 4.78 is 17.0. The molecule has 2 heterocycles. The first-order chi connectivity index (χ1) is 17.8. The van der Waals surface area contributed by atoms with Crippen LogP contribution >= 0.6 is 0 Å². The minimum Gasteiger partial charge on any atom is -0.424 e. The number of anilines is 2. The quantitative estimate of drug-likeness (QED) is 0.328. The number of carbonyl (C=O) groups is 1. The minimum atomic E-state index is -0.106. The SMILES string of the molecule is O=C(NCCOCCOCCNc1nc(Oc2ccccc2)nc(N2CCCC2)n1)c1ccccc1. The Morgan fingerprint density at radius 1 is 0.806 bits per heavy atom. The molecule has 1 aliphatic rings. The van der Waals surface area contributed by atoms with Crippen molar-refractivity contribution in [2.45, 2.75) is 12.8 Å². The molecular formula is C26H32N6O4. The van der Waals surface area contributed by atoms with Crippen LogP contribution in [-0.2, 0) is 9.47 Å². The molecule has 0 bridgehead atoms. The standard InChI is InChI=1S/C26H32N6O4/c33-23(21-9-3-1-4-10-21)27-13-17-34-19-20-35-18-14-28-24-29-25(32-15-7-8-16-32)31-26(30-24)36-22-11-5-2-6-12-22/h1-6,9-12H,7-8,13-20H2,(H,27,33)(H,28,29,30,31). The summed E-state index contributed by atoms with van der Waals surface area (Å²) in [5.74, 6) is 1.63. The number of hydrogen-bond donors (Lipinski definition) is 2. The maximum Gasteiger partial charge on any atom is 0.328 e. The third-order valence-electron chi connectivity index (χ3n) is 5.41. The Bertz CT molecular complexity index is 1060. The smallest absolute Gasteiger partial charge is 0.328 e. The van der Waals surface area contributed by atoms with Gasteiger partial charge in [-0.05, 0) is 37.1 Å². The van der Waals surface area contributed by atoms with Gasteiger partial charge in [0.25, 0.3) is 5.91 Å². The molecule has 10 heteroatoms. The number of nitrogens with zero attached hydrogens (tertiary/aromatic N) is 4. The fourth-order valence-electron chi connectivity index (χ4n) is 3.61. The van der Waals surface area contributed by atoms with Gasteiger partial charge in [-0.25, -0.2) is 0 Å². The highest BCUT2D eigenvalue weighted by Crippen LogP contribution is 2.23. The number of benzene rings is 2. The molecule has 10 nitrogen and oxygen atoms in total. The van der Waals surface area contributed by atoms with Crippen molar-refractivity contribution in [3.63, 3.8) is 0 Å². The predicted molar refractivity (Wildman–Crippen MR) is 137 cm³/mol. The molecule has 1 aliphatic heterocycles. The van der Waals surface area contributed by atoms with Gasteiger partial charge in [-0.3, -0.25) is 4.79 Å². The van der Waals surface area contributed by atoms with Crippen LogP contribution in [0.3, 0.4) is 0 Å². The maximum atomic E-state index is 12.0. The molecule has 3 aromatic rings.